The van der Waals surface area contributed by atoms with Crippen molar-refractivity contribution in [3.63, 3.8) is 0 Å². The first-order valence-electron chi connectivity index (χ1n) is 6.28. The fourth-order valence-electron chi connectivity index (χ4n) is 1.76. The van der Waals surface area contributed by atoms with Crippen molar-refractivity contribution in [1.29, 1.82) is 0 Å². The molecule has 4 nitrogen and oxygen atoms in total. The van der Waals surface area contributed by atoms with E-state index in [1.807, 2.05) is 44.2 Å². The van der Waals surface area contributed by atoms with Gasteiger partial charge in [0.25, 0.3) is 0 Å². The maximum Gasteiger partial charge on any atom is 0.213 e. The Kier molecular flexibility index (Phi) is 6.32. The van der Waals surface area contributed by atoms with E-state index < -0.39 is 10.0 Å². The molecule has 2 N–H and O–H groups in total. The number of benzene rings is 1. The second kappa shape index (κ2) is 7.51. The SMILES string of the molecule is CCNCCS(=O)(=O)NC(C)Cc1ccccc1. The van der Waals surface area contributed by atoms with Gasteiger partial charge < -0.3 is 5.32 Å². The van der Waals surface area contributed by atoms with E-state index in [1.54, 1.807) is 0 Å². The summed E-state index contributed by atoms with van der Waals surface area (Å²) in [5.41, 5.74) is 1.14. The maximum atomic E-state index is 11.8. The molecular formula is C13H22N2O2S. The summed E-state index contributed by atoms with van der Waals surface area (Å²) in [4.78, 5) is 0. The van der Waals surface area contributed by atoms with Crippen LogP contribution in [0.1, 0.15) is 19.4 Å². The molecule has 5 heteroatoms. The van der Waals surface area contributed by atoms with Gasteiger partial charge in [0, 0.05) is 12.6 Å². The zero-order chi connectivity index (χ0) is 13.4. The highest BCUT2D eigenvalue weighted by molar-refractivity contribution is 7.89. The van der Waals surface area contributed by atoms with Crippen molar-refractivity contribution >= 4 is 10.0 Å². The Bertz CT molecular complexity index is 432. The zero-order valence-electron chi connectivity index (χ0n) is 11.0. The zero-order valence-corrected chi connectivity index (χ0v) is 11.8. The van der Waals surface area contributed by atoms with Crippen molar-refractivity contribution in [2.45, 2.75) is 26.3 Å². The van der Waals surface area contributed by atoms with E-state index in [9.17, 15) is 8.42 Å². The molecule has 0 heterocycles. The maximum absolute atomic E-state index is 11.8. The summed E-state index contributed by atoms with van der Waals surface area (Å²) in [6, 6.07) is 9.80. The van der Waals surface area contributed by atoms with E-state index in [-0.39, 0.29) is 11.8 Å². The van der Waals surface area contributed by atoms with Gasteiger partial charge in [-0.15, -0.1) is 0 Å². The van der Waals surface area contributed by atoms with E-state index >= 15 is 0 Å². The van der Waals surface area contributed by atoms with Crippen LogP contribution in [0.4, 0.5) is 0 Å². The molecule has 1 rings (SSSR count). The number of rotatable bonds is 8. The predicted molar refractivity (Wildman–Crippen MR) is 75.1 cm³/mol. The largest absolute Gasteiger partial charge is 0.316 e. The molecule has 1 aromatic rings. The molecule has 1 atom stereocenters. The topological polar surface area (TPSA) is 58.2 Å². The summed E-state index contributed by atoms with van der Waals surface area (Å²) in [6.07, 6.45) is 0.710. The van der Waals surface area contributed by atoms with Gasteiger partial charge in [0.2, 0.25) is 10.0 Å². The van der Waals surface area contributed by atoms with Gasteiger partial charge >= 0.3 is 0 Å². The van der Waals surface area contributed by atoms with Crippen LogP contribution in [0, 0.1) is 0 Å². The van der Waals surface area contributed by atoms with Crippen molar-refractivity contribution in [1.82, 2.24) is 10.0 Å². The van der Waals surface area contributed by atoms with E-state index in [2.05, 4.69) is 10.0 Å². The van der Waals surface area contributed by atoms with Crippen LogP contribution < -0.4 is 10.0 Å². The molecule has 0 radical (unpaired) electrons. The summed E-state index contributed by atoms with van der Waals surface area (Å²) >= 11 is 0. The van der Waals surface area contributed by atoms with Gasteiger partial charge in [0.15, 0.2) is 0 Å². The first kappa shape index (κ1) is 15.1. The number of hydrogen-bond donors (Lipinski definition) is 2. The molecule has 0 amide bonds. The molecule has 0 bridgehead atoms. The summed E-state index contributed by atoms with van der Waals surface area (Å²) < 4.78 is 26.2. The molecule has 0 aromatic heterocycles. The van der Waals surface area contributed by atoms with Gasteiger partial charge in [-0.3, -0.25) is 0 Å². The number of sulfonamides is 1. The van der Waals surface area contributed by atoms with Gasteiger partial charge in [-0.05, 0) is 25.5 Å². The molecule has 18 heavy (non-hydrogen) atoms. The molecule has 0 aliphatic carbocycles. The van der Waals surface area contributed by atoms with Crippen molar-refractivity contribution in [2.24, 2.45) is 0 Å². The summed E-state index contributed by atoms with van der Waals surface area (Å²) in [5, 5.41) is 3.01. The lowest BCUT2D eigenvalue weighted by Crippen LogP contribution is -2.38. The van der Waals surface area contributed by atoms with Crippen LogP contribution >= 0.6 is 0 Å². The fraction of sp³-hybridized carbons (Fsp3) is 0.538. The lowest BCUT2D eigenvalue weighted by atomic mass is 10.1. The minimum absolute atomic E-state index is 0.0842. The van der Waals surface area contributed by atoms with E-state index in [0.717, 1.165) is 12.1 Å². The number of hydrogen-bond acceptors (Lipinski definition) is 3. The molecule has 0 spiro atoms. The van der Waals surface area contributed by atoms with Gasteiger partial charge in [0.05, 0.1) is 5.75 Å². The van der Waals surface area contributed by atoms with Gasteiger partial charge in [-0.25, -0.2) is 13.1 Å². The van der Waals surface area contributed by atoms with Crippen LogP contribution in [0.25, 0.3) is 0 Å². The third kappa shape index (κ3) is 6.14. The Morgan fingerprint density at radius 3 is 2.50 bits per heavy atom. The first-order valence-corrected chi connectivity index (χ1v) is 7.93. The Morgan fingerprint density at radius 1 is 1.22 bits per heavy atom. The highest BCUT2D eigenvalue weighted by Gasteiger charge is 2.14. The average Bonchev–Trinajstić information content (AvgIpc) is 2.29. The Balaban J connectivity index is 2.41. The van der Waals surface area contributed by atoms with Crippen molar-refractivity contribution < 1.29 is 8.42 Å². The lowest BCUT2D eigenvalue weighted by Gasteiger charge is -2.14. The van der Waals surface area contributed by atoms with E-state index in [1.165, 1.54) is 0 Å². The minimum Gasteiger partial charge on any atom is -0.316 e. The highest BCUT2D eigenvalue weighted by Crippen LogP contribution is 2.03. The predicted octanol–water partition coefficient (Wildman–Crippen LogP) is 1.15. The first-order chi connectivity index (χ1) is 8.53. The van der Waals surface area contributed by atoms with Crippen molar-refractivity contribution in [3.05, 3.63) is 35.9 Å². The van der Waals surface area contributed by atoms with E-state index in [4.69, 9.17) is 0 Å². The molecular weight excluding hydrogens is 248 g/mol. The summed E-state index contributed by atoms with van der Waals surface area (Å²) in [6.45, 7) is 5.12. The van der Waals surface area contributed by atoms with Gasteiger partial charge in [-0.2, -0.15) is 0 Å². The highest BCUT2D eigenvalue weighted by atomic mass is 32.2. The third-order valence-electron chi connectivity index (χ3n) is 2.56. The minimum atomic E-state index is -3.19. The molecule has 1 unspecified atom stereocenters. The van der Waals surface area contributed by atoms with Crippen molar-refractivity contribution in [2.75, 3.05) is 18.8 Å². The molecule has 0 fully saturated rings. The van der Waals surface area contributed by atoms with Crippen LogP contribution in [-0.4, -0.2) is 33.3 Å². The van der Waals surface area contributed by atoms with Crippen LogP contribution in [0.5, 0.6) is 0 Å². The second-order valence-electron chi connectivity index (χ2n) is 4.38. The van der Waals surface area contributed by atoms with Gasteiger partial charge in [0.1, 0.15) is 0 Å². The molecule has 0 aliphatic rings. The van der Waals surface area contributed by atoms with Crippen LogP contribution in [0.2, 0.25) is 0 Å². The van der Waals surface area contributed by atoms with Gasteiger partial charge in [-0.1, -0.05) is 37.3 Å². The Hall–Kier alpha value is -0.910. The molecule has 0 saturated heterocycles. The summed E-state index contributed by atoms with van der Waals surface area (Å²) in [7, 11) is -3.19. The summed E-state index contributed by atoms with van der Waals surface area (Å²) in [5.74, 6) is 0.125. The second-order valence-corrected chi connectivity index (χ2v) is 6.25. The molecule has 102 valence electrons. The third-order valence-corrected chi connectivity index (χ3v) is 4.07. The van der Waals surface area contributed by atoms with Crippen LogP contribution in [0.3, 0.4) is 0 Å². The number of nitrogens with one attached hydrogen (secondary N) is 2. The molecule has 1 aromatic carbocycles. The molecule has 0 saturated carbocycles. The average molecular weight is 270 g/mol. The van der Waals surface area contributed by atoms with E-state index in [0.29, 0.717) is 13.0 Å². The smallest absolute Gasteiger partial charge is 0.213 e. The lowest BCUT2D eigenvalue weighted by molar-refractivity contribution is 0.556. The monoisotopic (exact) mass is 270 g/mol. The molecule has 0 aliphatic heterocycles. The Labute approximate surface area is 110 Å². The standard InChI is InChI=1S/C13H22N2O2S/c1-3-14-9-10-18(16,17)15-12(2)11-13-7-5-4-6-8-13/h4-8,12,14-15H,3,9-11H2,1-2H3. The quantitative estimate of drug-likeness (QED) is 0.697. The normalized spacial score (nSPS) is 13.4. The van der Waals surface area contributed by atoms with Crippen LogP contribution in [0.15, 0.2) is 30.3 Å². The Morgan fingerprint density at radius 2 is 1.89 bits per heavy atom. The fourth-order valence-corrected chi connectivity index (χ4v) is 2.99. The van der Waals surface area contributed by atoms with Crippen molar-refractivity contribution in [3.8, 4) is 0 Å². The van der Waals surface area contributed by atoms with Crippen LogP contribution in [-0.2, 0) is 16.4 Å².